The number of carbonyl (C=O) groups is 2. The van der Waals surface area contributed by atoms with Gasteiger partial charge in [-0.3, -0.25) is 9.59 Å². The zero-order valence-corrected chi connectivity index (χ0v) is 11.2. The van der Waals surface area contributed by atoms with E-state index in [0.717, 1.165) is 5.56 Å². The van der Waals surface area contributed by atoms with Crippen LogP contribution in [-0.2, 0) is 16.1 Å². The van der Waals surface area contributed by atoms with Crippen molar-refractivity contribution in [3.05, 3.63) is 48.1 Å². The van der Waals surface area contributed by atoms with E-state index < -0.39 is 5.91 Å². The molecule has 0 unspecified atom stereocenters. The Morgan fingerprint density at radius 3 is 2.81 bits per heavy atom. The van der Waals surface area contributed by atoms with Gasteiger partial charge in [-0.1, -0.05) is 30.4 Å². The normalized spacial score (nSPS) is 25.6. The van der Waals surface area contributed by atoms with E-state index in [-0.39, 0.29) is 24.5 Å². The van der Waals surface area contributed by atoms with Gasteiger partial charge < -0.3 is 14.4 Å². The number of amides is 1. The van der Waals surface area contributed by atoms with E-state index in [0.29, 0.717) is 18.0 Å². The Hall–Kier alpha value is -2.56. The molecule has 0 saturated carbocycles. The summed E-state index contributed by atoms with van der Waals surface area (Å²) < 4.78 is 10.6. The number of rotatable bonds is 2. The van der Waals surface area contributed by atoms with Gasteiger partial charge in [-0.15, -0.1) is 0 Å². The number of carbonyl (C=O) groups excluding carboxylic acids is 2. The molecule has 1 saturated heterocycles. The summed E-state index contributed by atoms with van der Waals surface area (Å²) in [6, 6.07) is 5.39. The Morgan fingerprint density at radius 1 is 1.10 bits per heavy atom. The molecule has 0 bridgehead atoms. The number of likely N-dealkylation sites (tertiary alicyclic amines) is 1. The SMILES string of the molecule is O=C1C(=O)N(Cc2ccc3c(c2)OCO3)[C@H]2C=CC=C[C@H]12. The Balaban J connectivity index is 1.62. The molecule has 4 rings (SSSR count). The molecule has 2 heterocycles. The van der Waals surface area contributed by atoms with E-state index in [1.807, 2.05) is 36.4 Å². The van der Waals surface area contributed by atoms with Gasteiger partial charge in [0, 0.05) is 6.54 Å². The van der Waals surface area contributed by atoms with Crippen molar-refractivity contribution >= 4 is 11.7 Å². The highest BCUT2D eigenvalue weighted by Gasteiger charge is 2.45. The second-order valence-electron chi connectivity index (χ2n) is 5.27. The van der Waals surface area contributed by atoms with Gasteiger partial charge in [-0.05, 0) is 17.7 Å². The van der Waals surface area contributed by atoms with Crippen molar-refractivity contribution in [2.75, 3.05) is 6.79 Å². The molecule has 0 spiro atoms. The molecule has 5 nitrogen and oxygen atoms in total. The molecule has 3 aliphatic rings. The summed E-state index contributed by atoms with van der Waals surface area (Å²) in [7, 11) is 0. The minimum atomic E-state index is -0.418. The molecule has 1 aliphatic carbocycles. The average Bonchev–Trinajstić information content (AvgIpc) is 3.06. The Morgan fingerprint density at radius 2 is 1.90 bits per heavy atom. The first-order valence-corrected chi connectivity index (χ1v) is 6.82. The molecule has 2 aliphatic heterocycles. The predicted octanol–water partition coefficient (Wildman–Crippen LogP) is 1.44. The number of benzene rings is 1. The topological polar surface area (TPSA) is 55.8 Å². The van der Waals surface area contributed by atoms with Crippen molar-refractivity contribution in [2.45, 2.75) is 12.6 Å². The summed E-state index contributed by atoms with van der Waals surface area (Å²) in [5.74, 6) is 0.291. The maximum Gasteiger partial charge on any atom is 0.291 e. The summed E-state index contributed by atoms with van der Waals surface area (Å²) >= 11 is 0. The number of hydrogen-bond donors (Lipinski definition) is 0. The third kappa shape index (κ3) is 1.85. The molecule has 1 aromatic rings. The largest absolute Gasteiger partial charge is 0.454 e. The fourth-order valence-electron chi connectivity index (χ4n) is 2.97. The molecule has 0 aromatic heterocycles. The second-order valence-corrected chi connectivity index (χ2v) is 5.27. The van der Waals surface area contributed by atoms with Gasteiger partial charge in [0.2, 0.25) is 12.6 Å². The van der Waals surface area contributed by atoms with Crippen LogP contribution in [0.3, 0.4) is 0 Å². The molecule has 1 aromatic carbocycles. The quantitative estimate of drug-likeness (QED) is 0.771. The van der Waals surface area contributed by atoms with E-state index in [4.69, 9.17) is 9.47 Å². The summed E-state index contributed by atoms with van der Waals surface area (Å²) in [6.45, 7) is 0.610. The number of allylic oxidation sites excluding steroid dienone is 2. The lowest BCUT2D eigenvalue weighted by atomic mass is 9.95. The maximum atomic E-state index is 12.2. The first kappa shape index (κ1) is 12.2. The highest BCUT2D eigenvalue weighted by Crippen LogP contribution is 2.34. The Labute approximate surface area is 121 Å². The van der Waals surface area contributed by atoms with Gasteiger partial charge in [-0.25, -0.2) is 0 Å². The molecular weight excluding hydrogens is 270 g/mol. The number of hydrogen-bond acceptors (Lipinski definition) is 4. The summed E-state index contributed by atoms with van der Waals surface area (Å²) in [5.41, 5.74) is 0.920. The fraction of sp³-hybridized carbons (Fsp3) is 0.250. The monoisotopic (exact) mass is 283 g/mol. The maximum absolute atomic E-state index is 12.2. The summed E-state index contributed by atoms with van der Waals surface area (Å²) in [5, 5.41) is 0. The Kier molecular flexibility index (Phi) is 2.60. The first-order chi connectivity index (χ1) is 10.2. The van der Waals surface area contributed by atoms with Gasteiger partial charge in [0.15, 0.2) is 11.5 Å². The van der Waals surface area contributed by atoms with E-state index in [1.54, 1.807) is 11.0 Å². The summed E-state index contributed by atoms with van der Waals surface area (Å²) in [6.07, 6.45) is 7.39. The molecule has 1 fully saturated rings. The number of nitrogens with zero attached hydrogens (tertiary/aromatic N) is 1. The molecule has 0 N–H and O–H groups in total. The van der Waals surface area contributed by atoms with E-state index in [2.05, 4.69) is 0 Å². The lowest BCUT2D eigenvalue weighted by Crippen LogP contribution is -2.33. The standard InChI is InChI=1S/C16H13NO4/c18-15-11-3-1-2-4-12(11)17(16(15)19)8-10-5-6-13-14(7-10)21-9-20-13/h1-7,11-12H,8-9H2/t11-,12-/m0/s1. The minimum absolute atomic E-state index is 0.180. The third-order valence-corrected chi connectivity index (χ3v) is 4.03. The van der Waals surface area contributed by atoms with Gasteiger partial charge in [0.1, 0.15) is 0 Å². The molecule has 5 heteroatoms. The second kappa shape index (κ2) is 4.48. The average molecular weight is 283 g/mol. The van der Waals surface area contributed by atoms with Crippen LogP contribution in [0.5, 0.6) is 11.5 Å². The predicted molar refractivity (Wildman–Crippen MR) is 73.7 cm³/mol. The Bertz CT molecular complexity index is 692. The van der Waals surface area contributed by atoms with Gasteiger partial charge in [0.25, 0.3) is 5.91 Å². The van der Waals surface area contributed by atoms with Crippen LogP contribution in [0.2, 0.25) is 0 Å². The van der Waals surface area contributed by atoms with Crippen LogP contribution >= 0.6 is 0 Å². The van der Waals surface area contributed by atoms with Crippen LogP contribution < -0.4 is 9.47 Å². The van der Waals surface area contributed by atoms with Gasteiger partial charge in [0.05, 0.1) is 12.0 Å². The van der Waals surface area contributed by atoms with E-state index in [9.17, 15) is 9.59 Å². The fourth-order valence-corrected chi connectivity index (χ4v) is 2.97. The van der Waals surface area contributed by atoms with Crippen LogP contribution in [0.4, 0.5) is 0 Å². The van der Waals surface area contributed by atoms with Crippen molar-refractivity contribution in [3.63, 3.8) is 0 Å². The van der Waals surface area contributed by atoms with E-state index >= 15 is 0 Å². The molecule has 0 radical (unpaired) electrons. The first-order valence-electron chi connectivity index (χ1n) is 6.82. The van der Waals surface area contributed by atoms with Gasteiger partial charge in [-0.2, -0.15) is 0 Å². The number of Topliss-reactive ketones (excluding diaryl/α,β-unsaturated/α-hetero) is 1. The van der Waals surface area contributed by atoms with Crippen molar-refractivity contribution in [3.8, 4) is 11.5 Å². The highest BCUT2D eigenvalue weighted by atomic mass is 16.7. The molecule has 106 valence electrons. The molecule has 21 heavy (non-hydrogen) atoms. The van der Waals surface area contributed by atoms with Crippen molar-refractivity contribution in [1.29, 1.82) is 0 Å². The lowest BCUT2D eigenvalue weighted by molar-refractivity contribution is -0.141. The molecule has 2 atom stereocenters. The van der Waals surface area contributed by atoms with Crippen LogP contribution in [0.1, 0.15) is 5.56 Å². The van der Waals surface area contributed by atoms with Crippen LogP contribution in [0, 0.1) is 5.92 Å². The van der Waals surface area contributed by atoms with E-state index in [1.165, 1.54) is 0 Å². The summed E-state index contributed by atoms with van der Waals surface area (Å²) in [4.78, 5) is 25.8. The van der Waals surface area contributed by atoms with Crippen LogP contribution in [0.25, 0.3) is 0 Å². The van der Waals surface area contributed by atoms with Gasteiger partial charge >= 0.3 is 0 Å². The van der Waals surface area contributed by atoms with Crippen molar-refractivity contribution in [1.82, 2.24) is 4.90 Å². The number of ether oxygens (including phenoxy) is 2. The smallest absolute Gasteiger partial charge is 0.291 e. The molecule has 1 amide bonds. The van der Waals surface area contributed by atoms with Crippen LogP contribution in [0.15, 0.2) is 42.5 Å². The lowest BCUT2D eigenvalue weighted by Gasteiger charge is -2.24. The third-order valence-electron chi connectivity index (χ3n) is 4.03. The highest BCUT2D eigenvalue weighted by molar-refractivity contribution is 6.39. The van der Waals surface area contributed by atoms with Crippen molar-refractivity contribution in [2.24, 2.45) is 5.92 Å². The zero-order chi connectivity index (χ0) is 14.4. The zero-order valence-electron chi connectivity index (χ0n) is 11.2. The minimum Gasteiger partial charge on any atom is -0.454 e. The number of ketones is 1. The number of fused-ring (bicyclic) bond motifs is 2. The van der Waals surface area contributed by atoms with Crippen molar-refractivity contribution < 1.29 is 19.1 Å². The molecular formula is C16H13NO4. The van der Waals surface area contributed by atoms with Crippen LogP contribution in [-0.4, -0.2) is 29.4 Å².